The Morgan fingerprint density at radius 3 is 2.52 bits per heavy atom. The lowest BCUT2D eigenvalue weighted by Crippen LogP contribution is -2.15. The molecule has 7 nitrogen and oxygen atoms in total. The van der Waals surface area contributed by atoms with Gasteiger partial charge < -0.3 is 10.3 Å². The van der Waals surface area contributed by atoms with Crippen molar-refractivity contribution in [2.75, 3.05) is 19.0 Å². The van der Waals surface area contributed by atoms with Crippen molar-refractivity contribution in [1.82, 2.24) is 25.6 Å². The molecule has 2 aromatic carbocycles. The van der Waals surface area contributed by atoms with E-state index < -0.39 is 0 Å². The van der Waals surface area contributed by atoms with Crippen LogP contribution in [0.1, 0.15) is 18.0 Å². The number of aromatic nitrogens is 4. The zero-order chi connectivity index (χ0) is 17.2. The van der Waals surface area contributed by atoms with Crippen LogP contribution in [0.25, 0.3) is 11.4 Å². The standard InChI is InChI=1S/C18H19N7/c1-24(2)15-10-8-13(9-11-15)16-12-17(20-19-16)25-18(21-22-23-25)14-6-4-3-5-7-14/h3-11,16,19H,12H2,1-2H3. The Morgan fingerprint density at radius 1 is 1.04 bits per heavy atom. The minimum Gasteiger partial charge on any atom is -0.378 e. The highest BCUT2D eigenvalue weighted by molar-refractivity contribution is 5.88. The topological polar surface area (TPSA) is 71.2 Å². The van der Waals surface area contributed by atoms with E-state index in [-0.39, 0.29) is 6.04 Å². The third-order valence-electron chi connectivity index (χ3n) is 4.29. The van der Waals surface area contributed by atoms with Gasteiger partial charge in [0.15, 0.2) is 11.7 Å². The molecule has 0 amide bonds. The van der Waals surface area contributed by atoms with Crippen LogP contribution in [0.5, 0.6) is 0 Å². The molecule has 2 heterocycles. The van der Waals surface area contributed by atoms with Crippen molar-refractivity contribution in [3.63, 3.8) is 0 Å². The first-order valence-electron chi connectivity index (χ1n) is 8.16. The maximum Gasteiger partial charge on any atom is 0.188 e. The molecule has 3 aromatic rings. The summed E-state index contributed by atoms with van der Waals surface area (Å²) >= 11 is 0. The molecule has 1 aromatic heterocycles. The molecule has 0 aliphatic carbocycles. The fourth-order valence-corrected chi connectivity index (χ4v) is 2.89. The number of nitrogens with zero attached hydrogens (tertiary/aromatic N) is 6. The Morgan fingerprint density at radius 2 is 1.80 bits per heavy atom. The lowest BCUT2D eigenvalue weighted by atomic mass is 10.0. The van der Waals surface area contributed by atoms with Gasteiger partial charge in [0.05, 0.1) is 6.04 Å². The average molecular weight is 333 g/mol. The third-order valence-corrected chi connectivity index (χ3v) is 4.29. The van der Waals surface area contributed by atoms with Crippen LogP contribution < -0.4 is 10.3 Å². The van der Waals surface area contributed by atoms with Crippen molar-refractivity contribution < 1.29 is 0 Å². The summed E-state index contributed by atoms with van der Waals surface area (Å²) in [5.41, 5.74) is 6.53. The second-order valence-electron chi connectivity index (χ2n) is 6.18. The molecule has 0 fully saturated rings. The van der Waals surface area contributed by atoms with E-state index in [0.717, 1.165) is 17.8 Å². The molecule has 0 radical (unpaired) electrons. The second kappa shape index (κ2) is 6.35. The van der Waals surface area contributed by atoms with Crippen molar-refractivity contribution in [2.45, 2.75) is 12.5 Å². The molecule has 7 heteroatoms. The quantitative estimate of drug-likeness (QED) is 0.796. The molecule has 1 aliphatic rings. The molecule has 1 N–H and O–H groups in total. The largest absolute Gasteiger partial charge is 0.378 e. The molecular formula is C18H19N7. The maximum atomic E-state index is 4.46. The van der Waals surface area contributed by atoms with Crippen LogP contribution in [0.2, 0.25) is 0 Å². The number of rotatable bonds is 3. The van der Waals surface area contributed by atoms with Gasteiger partial charge in [0.25, 0.3) is 0 Å². The zero-order valence-electron chi connectivity index (χ0n) is 14.2. The van der Waals surface area contributed by atoms with E-state index in [1.165, 1.54) is 11.3 Å². The molecule has 1 aliphatic heterocycles. The van der Waals surface area contributed by atoms with E-state index in [2.05, 4.69) is 55.2 Å². The minimum absolute atomic E-state index is 0.124. The van der Waals surface area contributed by atoms with E-state index in [9.17, 15) is 0 Å². The average Bonchev–Trinajstić information content (AvgIpc) is 3.32. The van der Waals surface area contributed by atoms with E-state index in [0.29, 0.717) is 5.82 Å². The number of benzene rings is 2. The molecule has 0 saturated heterocycles. The summed E-state index contributed by atoms with van der Waals surface area (Å²) in [5, 5.41) is 16.5. The number of tetrazole rings is 1. The smallest absolute Gasteiger partial charge is 0.188 e. The van der Waals surface area contributed by atoms with Crippen molar-refractivity contribution in [2.24, 2.45) is 5.10 Å². The third kappa shape index (κ3) is 2.96. The van der Waals surface area contributed by atoms with Crippen LogP contribution in [0, 0.1) is 0 Å². The van der Waals surface area contributed by atoms with Crippen molar-refractivity contribution in [1.29, 1.82) is 0 Å². The van der Waals surface area contributed by atoms with E-state index in [1.807, 2.05) is 44.4 Å². The highest BCUT2D eigenvalue weighted by Gasteiger charge is 2.24. The molecule has 126 valence electrons. The summed E-state index contributed by atoms with van der Waals surface area (Å²) in [4.78, 5) is 2.08. The monoisotopic (exact) mass is 333 g/mol. The fraction of sp³-hybridized carbons (Fsp3) is 0.222. The summed E-state index contributed by atoms with van der Waals surface area (Å²) in [6.45, 7) is 0. The summed E-state index contributed by atoms with van der Waals surface area (Å²) in [5.74, 6) is 1.51. The molecule has 1 unspecified atom stereocenters. The summed E-state index contributed by atoms with van der Waals surface area (Å²) in [7, 11) is 4.07. The first-order chi connectivity index (χ1) is 12.2. The Bertz CT molecular complexity index is 881. The van der Waals surface area contributed by atoms with Gasteiger partial charge in [-0.3, -0.25) is 0 Å². The van der Waals surface area contributed by atoms with Crippen LogP contribution in [0.4, 0.5) is 5.69 Å². The number of hydrazone groups is 1. The summed E-state index contributed by atoms with van der Waals surface area (Å²) in [6.07, 6.45) is 0.728. The normalized spacial score (nSPS) is 16.4. The van der Waals surface area contributed by atoms with Gasteiger partial charge in [-0.05, 0) is 28.1 Å². The highest BCUT2D eigenvalue weighted by Crippen LogP contribution is 2.25. The van der Waals surface area contributed by atoms with Crippen molar-refractivity contribution in [3.8, 4) is 11.4 Å². The maximum absolute atomic E-state index is 4.46. The molecule has 0 spiro atoms. The SMILES string of the molecule is CN(C)c1ccc(C2CC(n3nnnc3-c3ccccc3)=NN2)cc1. The van der Waals surface area contributed by atoms with Crippen LogP contribution in [-0.2, 0) is 0 Å². The lowest BCUT2D eigenvalue weighted by molar-refractivity contribution is 0.619. The number of nitrogens with one attached hydrogen (secondary N) is 1. The van der Waals surface area contributed by atoms with Crippen LogP contribution >= 0.6 is 0 Å². The van der Waals surface area contributed by atoms with Gasteiger partial charge in [-0.15, -0.1) is 5.10 Å². The van der Waals surface area contributed by atoms with E-state index in [4.69, 9.17) is 0 Å². The fourth-order valence-electron chi connectivity index (χ4n) is 2.89. The van der Waals surface area contributed by atoms with E-state index >= 15 is 0 Å². The zero-order valence-corrected chi connectivity index (χ0v) is 14.2. The molecule has 0 saturated carbocycles. The van der Waals surface area contributed by atoms with Gasteiger partial charge in [0.2, 0.25) is 0 Å². The predicted molar refractivity (Wildman–Crippen MR) is 97.3 cm³/mol. The molecule has 4 rings (SSSR count). The van der Waals surface area contributed by atoms with E-state index in [1.54, 1.807) is 4.68 Å². The van der Waals surface area contributed by atoms with Crippen molar-refractivity contribution >= 4 is 11.5 Å². The highest BCUT2D eigenvalue weighted by atomic mass is 15.6. The number of anilines is 1. The Hall–Kier alpha value is -3.22. The molecule has 0 bridgehead atoms. The van der Waals surface area contributed by atoms with Crippen LogP contribution in [0.3, 0.4) is 0 Å². The summed E-state index contributed by atoms with van der Waals surface area (Å²) < 4.78 is 1.70. The Balaban J connectivity index is 1.54. The summed E-state index contributed by atoms with van der Waals surface area (Å²) in [6, 6.07) is 18.5. The van der Waals surface area contributed by atoms with Crippen LogP contribution in [0.15, 0.2) is 59.7 Å². The first-order valence-corrected chi connectivity index (χ1v) is 8.16. The number of hydrogen-bond acceptors (Lipinski definition) is 6. The second-order valence-corrected chi connectivity index (χ2v) is 6.18. The van der Waals surface area contributed by atoms with Gasteiger partial charge in [0.1, 0.15) is 0 Å². The van der Waals surface area contributed by atoms with Crippen molar-refractivity contribution in [3.05, 3.63) is 60.2 Å². The lowest BCUT2D eigenvalue weighted by Gasteiger charge is -2.15. The molecular weight excluding hydrogens is 314 g/mol. The molecule has 25 heavy (non-hydrogen) atoms. The Labute approximate surface area is 146 Å². The minimum atomic E-state index is 0.124. The van der Waals surface area contributed by atoms with Gasteiger partial charge >= 0.3 is 0 Å². The first kappa shape index (κ1) is 15.3. The predicted octanol–water partition coefficient (Wildman–Crippen LogP) is 2.30. The van der Waals surface area contributed by atoms with Crippen LogP contribution in [-0.4, -0.2) is 40.1 Å². The number of hydrogen-bond donors (Lipinski definition) is 1. The van der Waals surface area contributed by atoms with Gasteiger partial charge in [0, 0.05) is 31.8 Å². The Kier molecular flexibility index (Phi) is 3.89. The van der Waals surface area contributed by atoms with Gasteiger partial charge in [-0.1, -0.05) is 42.5 Å². The van der Waals surface area contributed by atoms with Gasteiger partial charge in [-0.25, -0.2) is 0 Å². The van der Waals surface area contributed by atoms with Gasteiger partial charge in [-0.2, -0.15) is 9.78 Å². The molecule has 1 atom stereocenters.